The Bertz CT molecular complexity index is 591. The second-order valence-corrected chi connectivity index (χ2v) is 4.87. The topological polar surface area (TPSA) is 33.0 Å². The van der Waals surface area contributed by atoms with E-state index in [2.05, 4.69) is 5.32 Å². The molecule has 1 radical (unpaired) electrons. The van der Waals surface area contributed by atoms with Crippen molar-refractivity contribution >= 4 is 11.6 Å². The quantitative estimate of drug-likeness (QED) is 0.853. The van der Waals surface area contributed by atoms with E-state index in [1.54, 1.807) is 0 Å². The van der Waals surface area contributed by atoms with Gasteiger partial charge in [-0.2, -0.15) is 4.57 Å². The number of anilines is 1. The molecule has 0 saturated heterocycles. The molecule has 2 rings (SSSR count). The molecule has 0 atom stereocenters. The standard InChI is InChI=1S/C16H18N2O.Y/c1-12-6-5-9-18(10-12)11-15(19)17-16-13(2)7-4-8-14(16)3;/h4-10H,11H2,1-3H3;/p+1. The van der Waals surface area contributed by atoms with Gasteiger partial charge in [0.2, 0.25) is 6.54 Å². The maximum Gasteiger partial charge on any atom is 0.290 e. The predicted molar refractivity (Wildman–Crippen MR) is 75.9 cm³/mol. The van der Waals surface area contributed by atoms with Crippen molar-refractivity contribution in [2.24, 2.45) is 0 Å². The minimum Gasteiger partial charge on any atom is -0.320 e. The number of amides is 1. The van der Waals surface area contributed by atoms with Crippen LogP contribution in [0.15, 0.2) is 42.7 Å². The molecule has 1 amide bonds. The number of nitrogens with one attached hydrogen (secondary N) is 1. The Morgan fingerprint density at radius 1 is 1.10 bits per heavy atom. The molecule has 0 bridgehead atoms. The summed E-state index contributed by atoms with van der Waals surface area (Å²) in [6.07, 6.45) is 3.86. The number of hydrogen-bond donors (Lipinski definition) is 1. The van der Waals surface area contributed by atoms with Crippen LogP contribution in [0.4, 0.5) is 5.69 Å². The Balaban J connectivity index is 0.00000200. The van der Waals surface area contributed by atoms with E-state index in [0.29, 0.717) is 6.54 Å². The van der Waals surface area contributed by atoms with Crippen LogP contribution in [0.25, 0.3) is 0 Å². The summed E-state index contributed by atoms with van der Waals surface area (Å²) in [5.41, 5.74) is 4.23. The summed E-state index contributed by atoms with van der Waals surface area (Å²) in [5, 5.41) is 2.99. The zero-order valence-corrected chi connectivity index (χ0v) is 15.0. The molecule has 1 heterocycles. The molecule has 0 fully saturated rings. The molecule has 0 unspecified atom stereocenters. The first kappa shape index (κ1) is 17.0. The molecule has 3 nitrogen and oxygen atoms in total. The molecule has 1 aromatic carbocycles. The molecular formula is C16H19N2OY+. The van der Waals surface area contributed by atoms with Crippen LogP contribution in [0, 0.1) is 20.8 Å². The maximum atomic E-state index is 12.1. The number of carbonyl (C=O) groups excluding carboxylic acids is 1. The summed E-state index contributed by atoms with van der Waals surface area (Å²) in [4.78, 5) is 12.1. The zero-order valence-electron chi connectivity index (χ0n) is 12.2. The van der Waals surface area contributed by atoms with E-state index in [1.165, 1.54) is 0 Å². The molecule has 20 heavy (non-hydrogen) atoms. The van der Waals surface area contributed by atoms with E-state index in [-0.39, 0.29) is 38.6 Å². The van der Waals surface area contributed by atoms with Crippen molar-refractivity contribution in [2.45, 2.75) is 27.3 Å². The van der Waals surface area contributed by atoms with Crippen LogP contribution in [-0.2, 0) is 44.0 Å². The molecule has 101 valence electrons. The molecule has 2 aromatic rings. The number of aromatic nitrogens is 1. The van der Waals surface area contributed by atoms with Crippen LogP contribution >= 0.6 is 0 Å². The van der Waals surface area contributed by atoms with E-state index < -0.39 is 0 Å². The summed E-state index contributed by atoms with van der Waals surface area (Å²) < 4.78 is 1.89. The van der Waals surface area contributed by atoms with Gasteiger partial charge in [-0.15, -0.1) is 0 Å². The number of nitrogens with zero attached hydrogens (tertiary/aromatic N) is 1. The number of benzene rings is 1. The number of para-hydroxylation sites is 1. The first-order valence-corrected chi connectivity index (χ1v) is 6.38. The predicted octanol–water partition coefficient (Wildman–Crippen LogP) is 2.54. The smallest absolute Gasteiger partial charge is 0.290 e. The maximum absolute atomic E-state index is 12.1. The van der Waals surface area contributed by atoms with Crippen molar-refractivity contribution in [3.05, 3.63) is 59.4 Å². The van der Waals surface area contributed by atoms with E-state index in [4.69, 9.17) is 0 Å². The van der Waals surface area contributed by atoms with Gasteiger partial charge in [0.05, 0.1) is 0 Å². The Morgan fingerprint density at radius 3 is 2.35 bits per heavy atom. The first-order valence-electron chi connectivity index (χ1n) is 6.38. The summed E-state index contributed by atoms with van der Waals surface area (Å²) in [6, 6.07) is 9.96. The van der Waals surface area contributed by atoms with Crippen LogP contribution in [0.1, 0.15) is 16.7 Å². The largest absolute Gasteiger partial charge is 0.320 e. The number of pyridine rings is 1. The molecule has 0 aliphatic rings. The summed E-state index contributed by atoms with van der Waals surface area (Å²) in [7, 11) is 0. The molecule has 0 aliphatic carbocycles. The second-order valence-electron chi connectivity index (χ2n) is 4.87. The molecule has 1 aromatic heterocycles. The minimum atomic E-state index is -0.00648. The van der Waals surface area contributed by atoms with E-state index in [0.717, 1.165) is 22.4 Å². The van der Waals surface area contributed by atoms with Crippen LogP contribution in [0.2, 0.25) is 0 Å². The monoisotopic (exact) mass is 344 g/mol. The molecule has 1 N–H and O–H groups in total. The van der Waals surface area contributed by atoms with Crippen molar-refractivity contribution in [3.8, 4) is 0 Å². The van der Waals surface area contributed by atoms with Crippen LogP contribution in [0.5, 0.6) is 0 Å². The fourth-order valence-corrected chi connectivity index (χ4v) is 2.11. The second kappa shape index (κ2) is 7.65. The summed E-state index contributed by atoms with van der Waals surface area (Å²) in [5.74, 6) is -0.00648. The number of carbonyl (C=O) groups is 1. The Labute approximate surface area is 145 Å². The van der Waals surface area contributed by atoms with Gasteiger partial charge in [-0.25, -0.2) is 0 Å². The fourth-order valence-electron chi connectivity index (χ4n) is 2.11. The molecule has 4 heteroatoms. The Hall–Kier alpha value is -1.06. The van der Waals surface area contributed by atoms with Crippen LogP contribution in [0.3, 0.4) is 0 Å². The molecular weight excluding hydrogens is 325 g/mol. The fraction of sp³-hybridized carbons (Fsp3) is 0.250. The average Bonchev–Trinajstić information content (AvgIpc) is 2.34. The normalized spacial score (nSPS) is 9.75. The van der Waals surface area contributed by atoms with E-state index in [9.17, 15) is 4.79 Å². The SMILES string of the molecule is Cc1ccc[n+](CC(=O)Nc2c(C)cccc2C)c1.[Y]. The molecule has 0 aliphatic heterocycles. The van der Waals surface area contributed by atoms with Crippen molar-refractivity contribution < 1.29 is 42.1 Å². The van der Waals surface area contributed by atoms with Gasteiger partial charge in [-0.1, -0.05) is 18.2 Å². The summed E-state index contributed by atoms with van der Waals surface area (Å²) >= 11 is 0. The van der Waals surface area contributed by atoms with Gasteiger partial charge in [0.15, 0.2) is 12.4 Å². The number of aryl methyl sites for hydroxylation is 3. The van der Waals surface area contributed by atoms with Crippen LogP contribution in [-0.4, -0.2) is 5.91 Å². The third-order valence-electron chi connectivity index (χ3n) is 3.08. The van der Waals surface area contributed by atoms with Gasteiger partial charge < -0.3 is 5.32 Å². The number of rotatable bonds is 3. The zero-order chi connectivity index (χ0) is 13.8. The van der Waals surface area contributed by atoms with Gasteiger partial charge in [0.1, 0.15) is 0 Å². The van der Waals surface area contributed by atoms with Crippen molar-refractivity contribution in [3.63, 3.8) is 0 Å². The van der Waals surface area contributed by atoms with Gasteiger partial charge >= 0.3 is 0 Å². The first-order chi connectivity index (χ1) is 9.06. The van der Waals surface area contributed by atoms with Crippen LogP contribution < -0.4 is 9.88 Å². The van der Waals surface area contributed by atoms with Gasteiger partial charge in [-0.05, 0) is 38.0 Å². The third-order valence-corrected chi connectivity index (χ3v) is 3.08. The van der Waals surface area contributed by atoms with Crippen molar-refractivity contribution in [1.29, 1.82) is 0 Å². The van der Waals surface area contributed by atoms with E-state index >= 15 is 0 Å². The average molecular weight is 344 g/mol. The minimum absolute atomic E-state index is 0. The van der Waals surface area contributed by atoms with Crippen molar-refractivity contribution in [2.75, 3.05) is 5.32 Å². The summed E-state index contributed by atoms with van der Waals surface area (Å²) in [6.45, 7) is 6.35. The Kier molecular flexibility index (Phi) is 6.50. The third kappa shape index (κ3) is 4.50. The van der Waals surface area contributed by atoms with Gasteiger partial charge in [-0.3, -0.25) is 4.79 Å². The molecule has 0 saturated carbocycles. The van der Waals surface area contributed by atoms with E-state index in [1.807, 2.05) is 68.1 Å². The van der Waals surface area contributed by atoms with Gasteiger partial charge in [0.25, 0.3) is 5.91 Å². The number of hydrogen-bond acceptors (Lipinski definition) is 1. The van der Waals surface area contributed by atoms with Crippen molar-refractivity contribution in [1.82, 2.24) is 0 Å². The van der Waals surface area contributed by atoms with Gasteiger partial charge in [0, 0.05) is 50.0 Å². The molecule has 0 spiro atoms. The Morgan fingerprint density at radius 2 is 1.75 bits per heavy atom.